The van der Waals surface area contributed by atoms with Crippen molar-refractivity contribution in [3.05, 3.63) is 71.8 Å². The summed E-state index contributed by atoms with van der Waals surface area (Å²) in [7, 11) is 0. The molecule has 0 aliphatic heterocycles. The van der Waals surface area contributed by atoms with Gasteiger partial charge in [0.25, 0.3) is 0 Å². The van der Waals surface area contributed by atoms with Crippen LogP contribution >= 0.6 is 0 Å². The van der Waals surface area contributed by atoms with Gasteiger partial charge >= 0.3 is 0 Å². The Bertz CT molecular complexity index is 881. The maximum absolute atomic E-state index is 12.7. The van der Waals surface area contributed by atoms with Gasteiger partial charge < -0.3 is 14.2 Å². The number of rotatable bonds is 15. The van der Waals surface area contributed by atoms with Crippen LogP contribution in [0.3, 0.4) is 0 Å². The Kier molecular flexibility index (Phi) is 11.1. The van der Waals surface area contributed by atoms with Crippen LogP contribution in [0.1, 0.15) is 67.9 Å². The summed E-state index contributed by atoms with van der Waals surface area (Å²) in [6, 6.07) is 11.2. The molecule has 0 unspecified atom stereocenters. The van der Waals surface area contributed by atoms with Gasteiger partial charge in [0.1, 0.15) is 17.2 Å². The largest absolute Gasteiger partial charge is 0.494 e. The van der Waals surface area contributed by atoms with Crippen molar-refractivity contribution in [2.45, 2.75) is 52.9 Å². The van der Waals surface area contributed by atoms with Crippen molar-refractivity contribution >= 4 is 11.9 Å². The molecule has 0 amide bonds. The first kappa shape index (κ1) is 25.3. The standard InChI is InChI=1S/C28H36O4/c1-5-9-18-31-27-21-28(32-19-10-6-2)24(20-23(27)11-7-3)14-17-26(29)22-12-15-25(16-13-22)30-8-4/h7,12-17,20-21H,3,5-6,8-11,18-19H2,1-2,4H3. The van der Waals surface area contributed by atoms with Crippen molar-refractivity contribution in [2.75, 3.05) is 19.8 Å². The molecule has 0 fully saturated rings. The Balaban J connectivity index is 2.29. The van der Waals surface area contributed by atoms with Gasteiger partial charge in [-0.15, -0.1) is 6.58 Å². The molecule has 0 saturated carbocycles. The Morgan fingerprint density at radius 3 is 2.16 bits per heavy atom. The summed E-state index contributed by atoms with van der Waals surface area (Å²) in [6.45, 7) is 12.0. The van der Waals surface area contributed by atoms with Gasteiger partial charge in [-0.1, -0.05) is 32.8 Å². The molecule has 32 heavy (non-hydrogen) atoms. The third-order valence-corrected chi connectivity index (χ3v) is 4.93. The second kappa shape index (κ2) is 14.1. The highest BCUT2D eigenvalue weighted by Crippen LogP contribution is 2.32. The van der Waals surface area contributed by atoms with Gasteiger partial charge in [-0.05, 0) is 74.2 Å². The quantitative estimate of drug-likeness (QED) is 0.130. The second-order valence-corrected chi connectivity index (χ2v) is 7.55. The van der Waals surface area contributed by atoms with E-state index in [2.05, 4.69) is 20.4 Å². The smallest absolute Gasteiger partial charge is 0.185 e. The molecule has 0 aromatic heterocycles. The fourth-order valence-electron chi connectivity index (χ4n) is 3.13. The third kappa shape index (κ3) is 7.92. The van der Waals surface area contributed by atoms with E-state index in [1.54, 1.807) is 18.2 Å². The van der Waals surface area contributed by atoms with Crippen LogP contribution in [0, 0.1) is 0 Å². The minimum Gasteiger partial charge on any atom is -0.494 e. The first-order chi connectivity index (χ1) is 15.6. The zero-order chi connectivity index (χ0) is 23.2. The molecule has 0 aliphatic carbocycles. The predicted octanol–water partition coefficient (Wildman–Crippen LogP) is 7.07. The van der Waals surface area contributed by atoms with Crippen LogP contribution < -0.4 is 14.2 Å². The minimum absolute atomic E-state index is 0.0684. The molecule has 4 nitrogen and oxygen atoms in total. The minimum atomic E-state index is -0.0684. The number of ether oxygens (including phenoxy) is 3. The predicted molar refractivity (Wildman–Crippen MR) is 132 cm³/mol. The number of allylic oxidation sites excluding steroid dienone is 2. The van der Waals surface area contributed by atoms with E-state index in [9.17, 15) is 4.79 Å². The van der Waals surface area contributed by atoms with Crippen LogP contribution in [0.5, 0.6) is 17.2 Å². The summed E-state index contributed by atoms with van der Waals surface area (Å²) >= 11 is 0. The van der Waals surface area contributed by atoms with Crippen LogP contribution in [0.4, 0.5) is 0 Å². The molecule has 2 aromatic rings. The monoisotopic (exact) mass is 436 g/mol. The van der Waals surface area contributed by atoms with Crippen molar-refractivity contribution in [1.82, 2.24) is 0 Å². The lowest BCUT2D eigenvalue weighted by atomic mass is 10.0. The Hall–Kier alpha value is -3.01. The van der Waals surface area contributed by atoms with Crippen molar-refractivity contribution in [1.29, 1.82) is 0 Å². The Morgan fingerprint density at radius 2 is 1.56 bits per heavy atom. The number of carbonyl (C=O) groups is 1. The zero-order valence-electron chi connectivity index (χ0n) is 19.7. The van der Waals surface area contributed by atoms with E-state index in [4.69, 9.17) is 14.2 Å². The van der Waals surface area contributed by atoms with Crippen LogP contribution in [-0.4, -0.2) is 25.6 Å². The molecule has 2 aromatic carbocycles. The molecule has 0 radical (unpaired) electrons. The molecule has 0 spiro atoms. The second-order valence-electron chi connectivity index (χ2n) is 7.55. The van der Waals surface area contributed by atoms with E-state index >= 15 is 0 Å². The van der Waals surface area contributed by atoms with Crippen molar-refractivity contribution in [2.24, 2.45) is 0 Å². The van der Waals surface area contributed by atoms with Gasteiger partial charge in [-0.3, -0.25) is 4.79 Å². The number of carbonyl (C=O) groups excluding carboxylic acids is 1. The van der Waals surface area contributed by atoms with E-state index in [1.165, 1.54) is 0 Å². The van der Waals surface area contributed by atoms with Gasteiger partial charge in [0.05, 0.1) is 19.8 Å². The summed E-state index contributed by atoms with van der Waals surface area (Å²) < 4.78 is 17.5. The Morgan fingerprint density at radius 1 is 0.906 bits per heavy atom. The molecule has 0 aliphatic rings. The first-order valence-corrected chi connectivity index (χ1v) is 11.6. The van der Waals surface area contributed by atoms with Crippen molar-refractivity contribution in [3.8, 4) is 17.2 Å². The molecule has 2 rings (SSSR count). The highest BCUT2D eigenvalue weighted by molar-refractivity contribution is 6.07. The highest BCUT2D eigenvalue weighted by Gasteiger charge is 2.11. The molecule has 0 saturated heterocycles. The molecular weight excluding hydrogens is 400 g/mol. The fraction of sp³-hybridized carbons (Fsp3) is 0.393. The molecule has 172 valence electrons. The van der Waals surface area contributed by atoms with Gasteiger partial charge in [-0.2, -0.15) is 0 Å². The summed E-state index contributed by atoms with van der Waals surface area (Å²) in [5.41, 5.74) is 2.51. The average molecular weight is 437 g/mol. The lowest BCUT2D eigenvalue weighted by molar-refractivity contribution is 0.104. The average Bonchev–Trinajstić information content (AvgIpc) is 2.80. The molecule has 0 N–H and O–H groups in total. The SMILES string of the molecule is C=CCc1cc(C=CC(=O)c2ccc(OCC)cc2)c(OCCCC)cc1OCCCC. The Labute approximate surface area is 192 Å². The molecule has 0 heterocycles. The topological polar surface area (TPSA) is 44.8 Å². The lowest BCUT2D eigenvalue weighted by Gasteiger charge is -2.16. The third-order valence-electron chi connectivity index (χ3n) is 4.93. The van der Waals surface area contributed by atoms with Crippen LogP contribution in [0.15, 0.2) is 55.1 Å². The maximum Gasteiger partial charge on any atom is 0.185 e. The van der Waals surface area contributed by atoms with Crippen LogP contribution in [0.25, 0.3) is 6.08 Å². The van der Waals surface area contributed by atoms with Crippen LogP contribution in [0.2, 0.25) is 0 Å². The number of hydrogen-bond acceptors (Lipinski definition) is 4. The van der Waals surface area contributed by atoms with E-state index in [1.807, 2.05) is 43.3 Å². The number of unbranched alkanes of at least 4 members (excludes halogenated alkanes) is 2. The van der Waals surface area contributed by atoms with Crippen molar-refractivity contribution < 1.29 is 19.0 Å². The fourth-order valence-corrected chi connectivity index (χ4v) is 3.13. The van der Waals surface area contributed by atoms with E-state index in [-0.39, 0.29) is 5.78 Å². The normalized spacial score (nSPS) is 10.8. The molecule has 4 heteroatoms. The van der Waals surface area contributed by atoms with Gasteiger partial charge in [0, 0.05) is 17.2 Å². The molecule has 0 bridgehead atoms. The van der Waals surface area contributed by atoms with Gasteiger partial charge in [0.15, 0.2) is 5.78 Å². The zero-order valence-corrected chi connectivity index (χ0v) is 19.7. The summed E-state index contributed by atoms with van der Waals surface area (Å²) in [4.78, 5) is 12.7. The van der Waals surface area contributed by atoms with Gasteiger partial charge in [-0.25, -0.2) is 0 Å². The molecular formula is C28H36O4. The highest BCUT2D eigenvalue weighted by atomic mass is 16.5. The number of ketones is 1. The van der Waals surface area contributed by atoms with Gasteiger partial charge in [0.2, 0.25) is 0 Å². The molecule has 0 atom stereocenters. The summed E-state index contributed by atoms with van der Waals surface area (Å²) in [5, 5.41) is 0. The first-order valence-electron chi connectivity index (χ1n) is 11.6. The number of benzene rings is 2. The van der Waals surface area contributed by atoms with Crippen LogP contribution in [-0.2, 0) is 6.42 Å². The summed E-state index contributed by atoms with van der Waals surface area (Å²) in [5.74, 6) is 2.24. The van der Waals surface area contributed by atoms with E-state index in [0.717, 1.165) is 54.1 Å². The van der Waals surface area contributed by atoms with Crippen molar-refractivity contribution in [3.63, 3.8) is 0 Å². The summed E-state index contributed by atoms with van der Waals surface area (Å²) in [6.07, 6.45) is 10.0. The number of hydrogen-bond donors (Lipinski definition) is 0. The maximum atomic E-state index is 12.7. The lowest BCUT2D eigenvalue weighted by Crippen LogP contribution is -2.04. The van der Waals surface area contributed by atoms with E-state index in [0.29, 0.717) is 31.8 Å². The van der Waals surface area contributed by atoms with E-state index < -0.39 is 0 Å².